The van der Waals surface area contributed by atoms with Crippen molar-refractivity contribution in [2.45, 2.75) is 31.1 Å². The van der Waals surface area contributed by atoms with Gasteiger partial charge in [-0.1, -0.05) is 84.9 Å². The van der Waals surface area contributed by atoms with Gasteiger partial charge in [0.15, 0.2) is 35.1 Å². The number of aromatic nitrogens is 4. The number of amides is 1. The lowest BCUT2D eigenvalue weighted by Gasteiger charge is -2.17. The van der Waals surface area contributed by atoms with E-state index >= 15 is 0 Å². The first-order valence-electron chi connectivity index (χ1n) is 12.9. The van der Waals surface area contributed by atoms with Crippen LogP contribution in [0.2, 0.25) is 0 Å². The number of rotatable bonds is 7. The molecule has 40 heavy (non-hydrogen) atoms. The van der Waals surface area contributed by atoms with Gasteiger partial charge in [-0.25, -0.2) is 15.0 Å². The Kier molecular flexibility index (Phi) is 6.95. The van der Waals surface area contributed by atoms with E-state index < -0.39 is 30.4 Å². The maximum absolute atomic E-state index is 12.2. The number of carbonyl (C=O) groups excluding carboxylic acids is 1. The van der Waals surface area contributed by atoms with Crippen LogP contribution in [0.4, 0.5) is 5.82 Å². The molecule has 10 heteroatoms. The Hall–Kier alpha value is -4.64. The Balaban J connectivity index is 1.41. The molecule has 202 valence electrons. The van der Waals surface area contributed by atoms with Gasteiger partial charge in [0.2, 0.25) is 0 Å². The fourth-order valence-corrected chi connectivity index (χ4v) is 4.83. The quantitative estimate of drug-likeness (QED) is 0.249. The molecule has 1 aliphatic heterocycles. The fourth-order valence-electron chi connectivity index (χ4n) is 4.83. The number of imidazole rings is 1. The number of ether oxygens (including phenoxy) is 1. The Morgan fingerprint density at radius 2 is 1.52 bits per heavy atom. The average molecular weight is 537 g/mol. The van der Waals surface area contributed by atoms with E-state index in [4.69, 9.17) is 14.7 Å². The number of hydrogen-bond acceptors (Lipinski definition) is 8. The largest absolute Gasteiger partial charge is 0.387 e. The number of fused-ring (bicyclic) bond motifs is 1. The van der Waals surface area contributed by atoms with E-state index in [1.165, 1.54) is 17.9 Å². The van der Waals surface area contributed by atoms with Gasteiger partial charge in [-0.3, -0.25) is 9.36 Å². The summed E-state index contributed by atoms with van der Waals surface area (Å²) in [5.41, 5.74) is 4.87. The summed E-state index contributed by atoms with van der Waals surface area (Å²) in [6.45, 7) is 0.506. The summed E-state index contributed by atoms with van der Waals surface area (Å²) in [6, 6.07) is 27.9. The molecule has 5 aromatic rings. The molecule has 1 saturated heterocycles. The van der Waals surface area contributed by atoms with Gasteiger partial charge in [0.25, 0.3) is 5.91 Å². The number of hydrogen-bond donors (Lipinski definition) is 4. The molecule has 2 aromatic heterocycles. The highest BCUT2D eigenvalue weighted by atomic mass is 16.6. The maximum Gasteiger partial charge on any atom is 0.251 e. The lowest BCUT2D eigenvalue weighted by Crippen LogP contribution is -2.41. The molecular formula is C30H28N6O4. The van der Waals surface area contributed by atoms with Gasteiger partial charge in [0.05, 0.1) is 6.33 Å². The number of likely N-dealkylation sites (N-methyl/N-ethyl adjacent to an activating group) is 1. The third-order valence-electron chi connectivity index (χ3n) is 6.99. The predicted molar refractivity (Wildman–Crippen MR) is 150 cm³/mol. The van der Waals surface area contributed by atoms with Crippen molar-refractivity contribution in [3.05, 3.63) is 96.8 Å². The Bertz CT molecular complexity index is 1630. The van der Waals surface area contributed by atoms with Gasteiger partial charge in [0, 0.05) is 19.2 Å². The average Bonchev–Trinajstić information content (AvgIpc) is 3.56. The highest BCUT2D eigenvalue weighted by molar-refractivity contribution is 5.86. The molecule has 0 spiro atoms. The molecule has 4 N–H and O–H groups in total. The minimum absolute atomic E-state index is 0.390. The number of nitrogens with zero attached hydrogens (tertiary/aromatic N) is 4. The number of anilines is 1. The number of aliphatic hydroxyl groups excluding tert-OH is 2. The number of carbonyl (C=O) groups is 1. The van der Waals surface area contributed by atoms with Gasteiger partial charge >= 0.3 is 0 Å². The predicted octanol–water partition coefficient (Wildman–Crippen LogP) is 3.14. The van der Waals surface area contributed by atoms with E-state index in [0.29, 0.717) is 29.4 Å². The summed E-state index contributed by atoms with van der Waals surface area (Å²) in [7, 11) is 1.44. The summed E-state index contributed by atoms with van der Waals surface area (Å²) in [5.74, 6) is 0.420. The molecular weight excluding hydrogens is 508 g/mol. The third kappa shape index (κ3) is 4.79. The zero-order chi connectivity index (χ0) is 27.6. The van der Waals surface area contributed by atoms with E-state index in [1.54, 1.807) is 0 Å². The minimum atomic E-state index is -1.41. The summed E-state index contributed by atoms with van der Waals surface area (Å²) in [6.07, 6.45) is -3.62. The second kappa shape index (κ2) is 10.9. The first-order chi connectivity index (χ1) is 19.5. The Morgan fingerprint density at radius 1 is 0.875 bits per heavy atom. The van der Waals surface area contributed by atoms with E-state index in [2.05, 4.69) is 27.8 Å². The Labute approximate surface area is 230 Å². The summed E-state index contributed by atoms with van der Waals surface area (Å²) >= 11 is 0. The van der Waals surface area contributed by atoms with Crippen molar-refractivity contribution < 1.29 is 19.7 Å². The SMILES string of the molecule is CNC(=O)[C@H]1O[C@@H](n2cnc3c(NCc4ccccc4)nc(-c4ccc(-c5ccccc5)cc4)nc32)[C@H](O)[C@@H]1O. The molecule has 1 amide bonds. The van der Waals surface area contributed by atoms with Gasteiger partial charge in [-0.05, 0) is 16.7 Å². The molecule has 1 aliphatic rings. The molecule has 0 unspecified atom stereocenters. The lowest BCUT2D eigenvalue weighted by atomic mass is 10.0. The lowest BCUT2D eigenvalue weighted by molar-refractivity contribution is -0.137. The van der Waals surface area contributed by atoms with E-state index in [0.717, 1.165) is 22.3 Å². The second-order valence-corrected chi connectivity index (χ2v) is 9.55. The molecule has 3 aromatic carbocycles. The van der Waals surface area contributed by atoms with Crippen LogP contribution in [-0.4, -0.2) is 61.0 Å². The van der Waals surface area contributed by atoms with Crippen LogP contribution in [0.15, 0.2) is 91.3 Å². The molecule has 0 aliphatic carbocycles. The van der Waals surface area contributed by atoms with Crippen LogP contribution in [0.5, 0.6) is 0 Å². The van der Waals surface area contributed by atoms with Gasteiger partial charge in [-0.15, -0.1) is 0 Å². The number of aliphatic hydroxyl groups is 2. The second-order valence-electron chi connectivity index (χ2n) is 9.55. The first kappa shape index (κ1) is 25.6. The van der Waals surface area contributed by atoms with Crippen LogP contribution >= 0.6 is 0 Å². The van der Waals surface area contributed by atoms with E-state index in [-0.39, 0.29) is 0 Å². The number of nitrogens with one attached hydrogen (secondary N) is 2. The van der Waals surface area contributed by atoms with Crippen LogP contribution in [0.3, 0.4) is 0 Å². The zero-order valence-electron chi connectivity index (χ0n) is 21.7. The van der Waals surface area contributed by atoms with Gasteiger partial charge in [-0.2, -0.15) is 0 Å². The Morgan fingerprint density at radius 3 is 2.23 bits per heavy atom. The highest BCUT2D eigenvalue weighted by Gasteiger charge is 2.47. The molecule has 1 fully saturated rings. The molecule has 0 saturated carbocycles. The van der Waals surface area contributed by atoms with Crippen molar-refractivity contribution in [3.8, 4) is 22.5 Å². The monoisotopic (exact) mass is 536 g/mol. The van der Waals surface area contributed by atoms with Crippen LogP contribution in [0.25, 0.3) is 33.7 Å². The summed E-state index contributed by atoms with van der Waals surface area (Å²) in [5, 5.41) is 27.1. The molecule has 4 atom stereocenters. The molecule has 0 radical (unpaired) electrons. The van der Waals surface area contributed by atoms with Crippen molar-refractivity contribution in [3.63, 3.8) is 0 Å². The van der Waals surface area contributed by atoms with Gasteiger partial charge < -0.3 is 25.6 Å². The molecule has 0 bridgehead atoms. The summed E-state index contributed by atoms with van der Waals surface area (Å²) in [4.78, 5) is 26.3. The molecule has 10 nitrogen and oxygen atoms in total. The van der Waals surface area contributed by atoms with Crippen molar-refractivity contribution in [2.24, 2.45) is 0 Å². The van der Waals surface area contributed by atoms with E-state index in [9.17, 15) is 15.0 Å². The molecule has 6 rings (SSSR count). The normalized spacial score (nSPS) is 20.5. The van der Waals surface area contributed by atoms with Crippen LogP contribution in [0, 0.1) is 0 Å². The number of benzene rings is 3. The smallest absolute Gasteiger partial charge is 0.251 e. The maximum atomic E-state index is 12.2. The van der Waals surface area contributed by atoms with Crippen molar-refractivity contribution in [2.75, 3.05) is 12.4 Å². The summed E-state index contributed by atoms with van der Waals surface area (Å²) < 4.78 is 7.33. The highest BCUT2D eigenvalue weighted by Crippen LogP contribution is 2.34. The van der Waals surface area contributed by atoms with Crippen molar-refractivity contribution in [1.82, 2.24) is 24.8 Å². The fraction of sp³-hybridized carbons (Fsp3) is 0.200. The first-order valence-corrected chi connectivity index (χ1v) is 12.9. The third-order valence-corrected chi connectivity index (χ3v) is 6.99. The van der Waals surface area contributed by atoms with Crippen LogP contribution in [-0.2, 0) is 16.1 Å². The zero-order valence-corrected chi connectivity index (χ0v) is 21.7. The standard InChI is InChI=1S/C30H28N6O4/c1-31-29(39)25-23(37)24(38)30(40-25)36-17-33-22-27(32-16-18-8-4-2-5-9-18)34-26(35-28(22)36)21-14-12-20(13-15-21)19-10-6-3-7-11-19/h2-15,17,23-25,30,37-38H,16H2,1H3,(H,31,39)(H,32,34,35)/t23-,24+,25-,30+/m0/s1. The van der Waals surface area contributed by atoms with Gasteiger partial charge in [0.1, 0.15) is 12.2 Å². The van der Waals surface area contributed by atoms with Crippen molar-refractivity contribution in [1.29, 1.82) is 0 Å². The topological polar surface area (TPSA) is 134 Å². The van der Waals surface area contributed by atoms with Crippen molar-refractivity contribution >= 4 is 22.9 Å². The minimum Gasteiger partial charge on any atom is -0.387 e. The molecule has 3 heterocycles. The van der Waals surface area contributed by atoms with E-state index in [1.807, 2.05) is 72.8 Å². The van der Waals surface area contributed by atoms with Crippen LogP contribution in [0.1, 0.15) is 11.8 Å². The van der Waals surface area contributed by atoms with Crippen LogP contribution < -0.4 is 10.6 Å².